The Balaban J connectivity index is 1.31. The van der Waals surface area contributed by atoms with Crippen molar-refractivity contribution in [3.05, 3.63) is 191 Å². The Bertz CT molecular complexity index is 2360. The molecule has 5 nitrogen and oxygen atoms in total. The van der Waals surface area contributed by atoms with Crippen LogP contribution in [-0.2, 0) is 11.0 Å². The smallest absolute Gasteiger partial charge is 0.154 e. The van der Waals surface area contributed by atoms with Crippen LogP contribution in [0.15, 0.2) is 152 Å². The number of aromatic nitrogens is 3. The summed E-state index contributed by atoms with van der Waals surface area (Å²) < 4.78 is 25.7. The van der Waals surface area contributed by atoms with Crippen molar-refractivity contribution in [1.29, 1.82) is 0 Å². The highest BCUT2D eigenvalue weighted by molar-refractivity contribution is 5.89. The van der Waals surface area contributed by atoms with Gasteiger partial charge in [0.15, 0.2) is 5.82 Å². The largest absolute Gasteiger partial charge is 0.354 e. The van der Waals surface area contributed by atoms with Gasteiger partial charge >= 0.3 is 0 Å². The lowest BCUT2D eigenvalue weighted by Crippen LogP contribution is -2.48. The molecule has 5 aromatic carbocycles. The van der Waals surface area contributed by atoms with Crippen molar-refractivity contribution < 1.29 is 4.11 Å². The van der Waals surface area contributed by atoms with E-state index in [4.69, 9.17) is 9.10 Å². The zero-order chi connectivity index (χ0) is 33.7. The van der Waals surface area contributed by atoms with Crippen LogP contribution in [-0.4, -0.2) is 28.8 Å². The third-order valence-corrected chi connectivity index (χ3v) is 10.5. The van der Waals surface area contributed by atoms with E-state index in [2.05, 4.69) is 142 Å². The molecule has 7 aromatic rings. The molecule has 5 heteroatoms. The SMILES string of the molecule is [2H]C([2H])([2H])N1CN(C2(c3cccc(C4(c5ccn[nH]5)c5ccccc5-c5ccccc54)c3)c3ccccc3-c3ccccc32)c2ncccc21. The van der Waals surface area contributed by atoms with Crippen LogP contribution in [0, 0.1) is 0 Å². The predicted octanol–water partition coefficient (Wildman–Crippen LogP) is 8.35. The molecule has 0 amide bonds. The zero-order valence-corrected chi connectivity index (χ0v) is 25.4. The molecule has 0 atom stereocenters. The zero-order valence-electron chi connectivity index (χ0n) is 28.4. The predicted molar refractivity (Wildman–Crippen MR) is 188 cm³/mol. The van der Waals surface area contributed by atoms with Crippen LogP contribution in [0.4, 0.5) is 11.5 Å². The van der Waals surface area contributed by atoms with E-state index in [1.807, 2.05) is 18.3 Å². The van der Waals surface area contributed by atoms with E-state index >= 15 is 0 Å². The van der Waals surface area contributed by atoms with Gasteiger partial charge in [0.1, 0.15) is 5.54 Å². The molecule has 0 radical (unpaired) electrons. The molecule has 1 N–H and O–H groups in total. The Kier molecular flexibility index (Phi) is 4.75. The Morgan fingerprint density at radius 2 is 1.21 bits per heavy atom. The number of rotatable bonds is 4. The number of H-pyrrole nitrogens is 1. The second-order valence-electron chi connectivity index (χ2n) is 12.5. The Labute approximate surface area is 278 Å². The minimum Gasteiger partial charge on any atom is -0.354 e. The van der Waals surface area contributed by atoms with Gasteiger partial charge in [-0.25, -0.2) is 4.98 Å². The lowest BCUT2D eigenvalue weighted by molar-refractivity contribution is 0.578. The van der Waals surface area contributed by atoms with Crippen molar-refractivity contribution in [3.8, 4) is 22.3 Å². The van der Waals surface area contributed by atoms with Gasteiger partial charge in [-0.05, 0) is 73.8 Å². The first-order valence-corrected chi connectivity index (χ1v) is 15.9. The highest BCUT2D eigenvalue weighted by Gasteiger charge is 2.53. The number of benzene rings is 5. The van der Waals surface area contributed by atoms with Gasteiger partial charge in [0.25, 0.3) is 0 Å². The molecule has 3 heterocycles. The molecule has 0 saturated heterocycles. The van der Waals surface area contributed by atoms with Gasteiger partial charge in [-0.15, -0.1) is 0 Å². The van der Waals surface area contributed by atoms with Crippen LogP contribution in [0.2, 0.25) is 0 Å². The average molecular weight is 609 g/mol. The summed E-state index contributed by atoms with van der Waals surface area (Å²) >= 11 is 0. The summed E-state index contributed by atoms with van der Waals surface area (Å²) in [5.41, 5.74) is 11.3. The van der Waals surface area contributed by atoms with Crippen molar-refractivity contribution >= 4 is 11.5 Å². The van der Waals surface area contributed by atoms with E-state index in [1.54, 1.807) is 6.20 Å². The number of fused-ring (bicyclic) bond motifs is 7. The maximum absolute atomic E-state index is 8.57. The fraction of sp³-hybridized carbons (Fsp3) is 0.0952. The molecule has 0 saturated carbocycles. The van der Waals surface area contributed by atoms with Crippen LogP contribution in [0.25, 0.3) is 22.3 Å². The molecule has 0 fully saturated rings. The molecule has 3 aliphatic rings. The van der Waals surface area contributed by atoms with Crippen molar-refractivity contribution in [2.75, 3.05) is 23.4 Å². The molecule has 0 unspecified atom stereocenters. The molecule has 2 aromatic heterocycles. The van der Waals surface area contributed by atoms with Gasteiger partial charge in [0.2, 0.25) is 0 Å². The molecule has 10 rings (SSSR count). The quantitative estimate of drug-likeness (QED) is 0.218. The highest BCUT2D eigenvalue weighted by Crippen LogP contribution is 2.59. The minimum absolute atomic E-state index is 0.132. The van der Waals surface area contributed by atoms with Gasteiger partial charge in [-0.1, -0.05) is 121 Å². The van der Waals surface area contributed by atoms with Crippen molar-refractivity contribution in [1.82, 2.24) is 15.2 Å². The first kappa shape index (κ1) is 23.4. The van der Waals surface area contributed by atoms with Gasteiger partial charge in [-0.2, -0.15) is 5.10 Å². The highest BCUT2D eigenvalue weighted by atomic mass is 15.4. The number of hydrogen-bond donors (Lipinski definition) is 1. The third-order valence-electron chi connectivity index (χ3n) is 10.5. The van der Waals surface area contributed by atoms with Gasteiger partial charge < -0.3 is 9.80 Å². The number of hydrogen-bond acceptors (Lipinski definition) is 4. The molecule has 2 aliphatic carbocycles. The Morgan fingerprint density at radius 3 is 1.83 bits per heavy atom. The normalized spacial score (nSPS) is 17.1. The summed E-state index contributed by atoms with van der Waals surface area (Å²) in [7, 11) is 0. The van der Waals surface area contributed by atoms with Crippen LogP contribution >= 0.6 is 0 Å². The second-order valence-corrected chi connectivity index (χ2v) is 12.5. The third kappa shape index (κ3) is 3.23. The van der Waals surface area contributed by atoms with Crippen LogP contribution in [0.3, 0.4) is 0 Å². The Hall–Kier alpha value is -5.94. The maximum Gasteiger partial charge on any atom is 0.154 e. The summed E-state index contributed by atoms with van der Waals surface area (Å²) in [5, 5.41) is 7.86. The first-order valence-electron chi connectivity index (χ1n) is 17.4. The van der Waals surface area contributed by atoms with E-state index < -0.39 is 17.9 Å². The maximum atomic E-state index is 8.57. The summed E-state index contributed by atoms with van der Waals surface area (Å²) in [4.78, 5) is 8.61. The minimum atomic E-state index is -2.37. The fourth-order valence-corrected chi connectivity index (χ4v) is 8.76. The van der Waals surface area contributed by atoms with E-state index in [0.717, 1.165) is 39.1 Å². The van der Waals surface area contributed by atoms with Crippen molar-refractivity contribution in [3.63, 3.8) is 0 Å². The lowest BCUT2D eigenvalue weighted by Gasteiger charge is -2.43. The molecule has 47 heavy (non-hydrogen) atoms. The Morgan fingerprint density at radius 1 is 0.617 bits per heavy atom. The van der Waals surface area contributed by atoms with Gasteiger partial charge in [0, 0.05) is 23.5 Å². The van der Waals surface area contributed by atoms with E-state index in [1.165, 1.54) is 27.2 Å². The van der Waals surface area contributed by atoms with E-state index in [9.17, 15) is 0 Å². The number of aromatic amines is 1. The lowest BCUT2D eigenvalue weighted by atomic mass is 9.68. The monoisotopic (exact) mass is 608 g/mol. The molecular formula is C42H31N5. The van der Waals surface area contributed by atoms with Crippen LogP contribution in [0.5, 0.6) is 0 Å². The standard InChI is InChI=1S/C42H31N5/c1-46-27-47(40-38(46)22-11-24-43-40)42(36-20-8-4-16-32(36)33-17-5-9-21-37(33)42)29-13-10-12-28(26-29)41(39-23-25-44-45-39)34-18-6-2-14-30(34)31-15-3-7-19-35(31)41/h2-26H,27H2,1H3,(H,44,45)/i1D3. The van der Waals surface area contributed by atoms with Gasteiger partial charge in [0.05, 0.1) is 23.5 Å². The number of nitrogens with zero attached hydrogens (tertiary/aromatic N) is 4. The molecular weight excluding hydrogens is 574 g/mol. The summed E-state index contributed by atoms with van der Waals surface area (Å²) in [6.07, 6.45) is 3.58. The van der Waals surface area contributed by atoms with Crippen LogP contribution < -0.4 is 9.80 Å². The number of pyridine rings is 1. The van der Waals surface area contributed by atoms with Crippen molar-refractivity contribution in [2.24, 2.45) is 0 Å². The number of anilines is 2. The first-order chi connectivity index (χ1) is 24.4. The van der Waals surface area contributed by atoms with E-state index in [0.29, 0.717) is 11.5 Å². The summed E-state index contributed by atoms with van der Waals surface area (Å²) in [5.74, 6) is 0.639. The summed E-state index contributed by atoms with van der Waals surface area (Å²) in [6, 6.07) is 49.0. The average Bonchev–Trinajstić information content (AvgIpc) is 3.94. The second kappa shape index (κ2) is 9.54. The van der Waals surface area contributed by atoms with Crippen LogP contribution in [0.1, 0.15) is 43.2 Å². The fourth-order valence-electron chi connectivity index (χ4n) is 8.76. The molecule has 0 bridgehead atoms. The molecule has 1 aliphatic heterocycles. The summed E-state index contributed by atoms with van der Waals surface area (Å²) in [6.45, 7) is -2.23. The number of nitrogens with one attached hydrogen (secondary N) is 1. The topological polar surface area (TPSA) is 48.0 Å². The molecule has 224 valence electrons. The van der Waals surface area contributed by atoms with Gasteiger partial charge in [-0.3, -0.25) is 5.10 Å². The molecule has 0 spiro atoms. The van der Waals surface area contributed by atoms with Crippen molar-refractivity contribution in [2.45, 2.75) is 11.0 Å². The van der Waals surface area contributed by atoms with E-state index in [-0.39, 0.29) is 6.67 Å².